The van der Waals surface area contributed by atoms with Crippen LogP contribution in [0.4, 0.5) is 0 Å². The van der Waals surface area contributed by atoms with Crippen LogP contribution in [0.3, 0.4) is 0 Å². The Bertz CT molecular complexity index is 359. The van der Waals surface area contributed by atoms with Gasteiger partial charge >= 0.3 is 0 Å². The van der Waals surface area contributed by atoms with Crippen LogP contribution in [0.25, 0.3) is 0 Å². The first kappa shape index (κ1) is 16.7. The van der Waals surface area contributed by atoms with E-state index in [1.54, 1.807) is 7.11 Å². The molecule has 0 atom stereocenters. The monoisotopic (exact) mass is 350 g/mol. The van der Waals surface area contributed by atoms with Gasteiger partial charge in [-0.25, -0.2) is 0 Å². The molecule has 0 aromatic heterocycles. The molecule has 0 spiro atoms. The Balaban J connectivity index is 0.00000121. The van der Waals surface area contributed by atoms with Crippen LogP contribution in [0.5, 0.6) is 5.75 Å². The number of methoxy groups -OCH3 is 1. The summed E-state index contributed by atoms with van der Waals surface area (Å²) in [5.74, 6) is 0.884. The van der Waals surface area contributed by atoms with Crippen LogP contribution in [-0.4, -0.2) is 18.8 Å². The van der Waals surface area contributed by atoms with Crippen molar-refractivity contribution in [3.8, 4) is 5.75 Å². The molecule has 1 aromatic carbocycles. The van der Waals surface area contributed by atoms with Gasteiger partial charge in [-0.1, -0.05) is 27.7 Å². The highest BCUT2D eigenvalue weighted by Gasteiger charge is 2.24. The number of hydrogen-bond donors (Lipinski definition) is 1. The molecule has 0 fully saturated rings. The maximum absolute atomic E-state index is 9.39. The Labute approximate surface area is 119 Å². The van der Waals surface area contributed by atoms with Gasteiger partial charge in [0.1, 0.15) is 5.75 Å². The third-order valence-electron chi connectivity index (χ3n) is 2.57. The highest BCUT2D eigenvalue weighted by Crippen LogP contribution is 2.35. The molecule has 0 aliphatic carbocycles. The number of rotatable bonds is 3. The second-order valence-corrected chi connectivity index (χ2v) is 5.59. The summed E-state index contributed by atoms with van der Waals surface area (Å²) < 4.78 is 6.57. The summed E-state index contributed by atoms with van der Waals surface area (Å²) in [5.41, 5.74) is 1.91. The highest BCUT2D eigenvalue weighted by atomic mass is 127. The minimum absolute atomic E-state index is 0.114. The van der Waals surface area contributed by atoms with Crippen LogP contribution in [-0.2, 0) is 5.41 Å². The van der Waals surface area contributed by atoms with Crippen LogP contribution in [0, 0.1) is 10.5 Å². The average molecular weight is 350 g/mol. The van der Waals surface area contributed by atoms with E-state index in [4.69, 9.17) is 4.74 Å². The van der Waals surface area contributed by atoms with E-state index in [1.807, 2.05) is 34.6 Å². The van der Waals surface area contributed by atoms with Crippen molar-refractivity contribution >= 4 is 22.6 Å². The van der Waals surface area contributed by atoms with Crippen LogP contribution in [0.2, 0.25) is 0 Å². The molecular formula is C14H23IO2. The summed E-state index contributed by atoms with van der Waals surface area (Å²) in [5, 5.41) is 9.39. The van der Waals surface area contributed by atoms with Gasteiger partial charge in [0, 0.05) is 14.5 Å². The molecule has 17 heavy (non-hydrogen) atoms. The summed E-state index contributed by atoms with van der Waals surface area (Å²) in [4.78, 5) is 0. The van der Waals surface area contributed by atoms with Gasteiger partial charge < -0.3 is 9.84 Å². The molecule has 2 nitrogen and oxygen atoms in total. The maximum Gasteiger partial charge on any atom is 0.125 e. The van der Waals surface area contributed by atoms with Crippen LogP contribution in [0.15, 0.2) is 12.1 Å². The Hall–Kier alpha value is -0.290. The Morgan fingerprint density at radius 3 is 2.24 bits per heavy atom. The average Bonchev–Trinajstić information content (AvgIpc) is 2.31. The van der Waals surface area contributed by atoms with Crippen molar-refractivity contribution in [2.45, 2.75) is 40.0 Å². The summed E-state index contributed by atoms with van der Waals surface area (Å²) in [7, 11) is 1.67. The number of aliphatic hydroxyl groups is 1. The SMILES string of the molecule is CC.COc1c(C)cc(I)cc1C(C)(C)CO. The minimum Gasteiger partial charge on any atom is -0.496 e. The van der Waals surface area contributed by atoms with E-state index in [1.165, 1.54) is 3.57 Å². The zero-order valence-corrected chi connectivity index (χ0v) is 13.8. The van der Waals surface area contributed by atoms with Crippen molar-refractivity contribution in [2.24, 2.45) is 0 Å². The zero-order chi connectivity index (χ0) is 13.6. The van der Waals surface area contributed by atoms with Crippen molar-refractivity contribution in [3.63, 3.8) is 0 Å². The molecule has 0 amide bonds. The van der Waals surface area contributed by atoms with Crippen LogP contribution < -0.4 is 4.74 Å². The van der Waals surface area contributed by atoms with Crippen molar-refractivity contribution in [1.82, 2.24) is 0 Å². The molecular weight excluding hydrogens is 327 g/mol. The summed E-state index contributed by atoms with van der Waals surface area (Å²) in [6.07, 6.45) is 0. The largest absolute Gasteiger partial charge is 0.496 e. The molecule has 1 N–H and O–H groups in total. The van der Waals surface area contributed by atoms with E-state index in [2.05, 4.69) is 34.7 Å². The highest BCUT2D eigenvalue weighted by molar-refractivity contribution is 14.1. The van der Waals surface area contributed by atoms with Gasteiger partial charge in [0.05, 0.1) is 13.7 Å². The van der Waals surface area contributed by atoms with Gasteiger partial charge in [0.25, 0.3) is 0 Å². The molecule has 0 radical (unpaired) electrons. The molecule has 0 saturated heterocycles. The number of hydrogen-bond acceptors (Lipinski definition) is 2. The van der Waals surface area contributed by atoms with E-state index in [-0.39, 0.29) is 12.0 Å². The van der Waals surface area contributed by atoms with E-state index >= 15 is 0 Å². The van der Waals surface area contributed by atoms with E-state index in [0.29, 0.717) is 0 Å². The molecule has 0 saturated carbocycles. The summed E-state index contributed by atoms with van der Waals surface area (Å²) in [6.45, 7) is 10.2. The lowest BCUT2D eigenvalue weighted by atomic mass is 9.84. The fourth-order valence-corrected chi connectivity index (χ4v) is 2.37. The van der Waals surface area contributed by atoms with Crippen LogP contribution >= 0.6 is 22.6 Å². The van der Waals surface area contributed by atoms with Crippen LogP contribution in [0.1, 0.15) is 38.8 Å². The predicted octanol–water partition coefficient (Wildman–Crippen LogP) is 3.90. The Morgan fingerprint density at radius 1 is 1.29 bits per heavy atom. The molecule has 1 aromatic rings. The van der Waals surface area contributed by atoms with Gasteiger partial charge in [-0.15, -0.1) is 0 Å². The number of benzene rings is 1. The van der Waals surface area contributed by atoms with E-state index < -0.39 is 0 Å². The molecule has 0 unspecified atom stereocenters. The molecule has 1 rings (SSSR count). The van der Waals surface area contributed by atoms with Gasteiger partial charge in [-0.2, -0.15) is 0 Å². The summed E-state index contributed by atoms with van der Waals surface area (Å²) >= 11 is 2.28. The van der Waals surface area contributed by atoms with Gasteiger partial charge in [-0.3, -0.25) is 0 Å². The first-order valence-corrected chi connectivity index (χ1v) is 6.95. The lowest BCUT2D eigenvalue weighted by Gasteiger charge is -2.26. The molecule has 0 bridgehead atoms. The van der Waals surface area contributed by atoms with Crippen molar-refractivity contribution < 1.29 is 9.84 Å². The third-order valence-corrected chi connectivity index (χ3v) is 3.19. The Morgan fingerprint density at radius 2 is 1.82 bits per heavy atom. The van der Waals surface area contributed by atoms with Gasteiger partial charge in [0.2, 0.25) is 0 Å². The van der Waals surface area contributed by atoms with E-state index in [9.17, 15) is 5.11 Å². The number of halogens is 1. The van der Waals surface area contributed by atoms with Crippen molar-refractivity contribution in [2.75, 3.05) is 13.7 Å². The van der Waals surface area contributed by atoms with Crippen molar-refractivity contribution in [3.05, 3.63) is 26.8 Å². The quantitative estimate of drug-likeness (QED) is 0.838. The fraction of sp³-hybridized carbons (Fsp3) is 0.571. The molecule has 3 heteroatoms. The third kappa shape index (κ3) is 4.14. The smallest absolute Gasteiger partial charge is 0.125 e. The number of aryl methyl sites for hydroxylation is 1. The maximum atomic E-state index is 9.39. The normalized spacial score (nSPS) is 10.6. The lowest BCUT2D eigenvalue weighted by Crippen LogP contribution is -2.23. The first-order valence-electron chi connectivity index (χ1n) is 5.88. The second-order valence-electron chi connectivity index (χ2n) is 4.35. The van der Waals surface area contributed by atoms with Gasteiger partial charge in [0.15, 0.2) is 0 Å². The standard InChI is InChI=1S/C12H17IO2.C2H6/c1-8-5-9(13)6-10(11(8)15-4)12(2,3)7-14;1-2/h5-6,14H,7H2,1-4H3;1-2H3. The first-order chi connectivity index (χ1) is 7.92. The second kappa shape index (κ2) is 7.21. The van der Waals surface area contributed by atoms with Gasteiger partial charge in [-0.05, 0) is 47.2 Å². The molecule has 0 heterocycles. The topological polar surface area (TPSA) is 29.5 Å². The molecule has 0 aliphatic heterocycles. The van der Waals surface area contributed by atoms with Crippen molar-refractivity contribution in [1.29, 1.82) is 0 Å². The zero-order valence-electron chi connectivity index (χ0n) is 11.6. The van der Waals surface area contributed by atoms with E-state index in [0.717, 1.165) is 16.9 Å². The summed E-state index contributed by atoms with van der Waals surface area (Å²) in [6, 6.07) is 4.15. The molecule has 0 aliphatic rings. The lowest BCUT2D eigenvalue weighted by molar-refractivity contribution is 0.214. The Kier molecular flexibility index (Phi) is 7.09. The fourth-order valence-electron chi connectivity index (χ4n) is 1.59. The minimum atomic E-state index is -0.267. The predicted molar refractivity (Wildman–Crippen MR) is 81.9 cm³/mol. The number of ether oxygens (including phenoxy) is 1. The number of aliphatic hydroxyl groups excluding tert-OH is 1. The molecule has 98 valence electrons.